The second kappa shape index (κ2) is 23.4. The van der Waals surface area contributed by atoms with Gasteiger partial charge in [0.2, 0.25) is 6.41 Å². The monoisotopic (exact) mass is 954 g/mol. The number of hydrogen-bond acceptors (Lipinski definition) is 9. The van der Waals surface area contributed by atoms with Crippen LogP contribution in [0, 0.1) is 6.92 Å². The number of primary amides is 1. The van der Waals surface area contributed by atoms with Crippen molar-refractivity contribution in [3.63, 3.8) is 0 Å². The highest BCUT2D eigenvalue weighted by Crippen LogP contribution is 2.47. The van der Waals surface area contributed by atoms with Crippen molar-refractivity contribution >= 4 is 29.4 Å². The second-order valence-electron chi connectivity index (χ2n) is 19.9. The van der Waals surface area contributed by atoms with E-state index in [1.54, 1.807) is 19.2 Å². The van der Waals surface area contributed by atoms with Crippen molar-refractivity contribution in [3.05, 3.63) is 141 Å². The van der Waals surface area contributed by atoms with Gasteiger partial charge in [-0.2, -0.15) is 13.2 Å². The van der Waals surface area contributed by atoms with Crippen molar-refractivity contribution in [3.8, 4) is 0 Å². The normalized spacial score (nSPS) is 16.9. The Balaban J connectivity index is 0.000000258. The SMILES string of the molecule is C=C(c1ccc(N(N)C=O)cc1)c1cc2c(cc1C)C(C)(C)CCC2(C)C.CCc1cc(/C(C)=N/OCc2ccc(C3CCCCC3)c(C(F)(F)F)c2)ccc1CN1CC(N(N)C(N)=O)C1.CNN. The molecule has 0 radical (unpaired) electrons. The minimum absolute atomic E-state index is 0.0330. The molecule has 2 aliphatic carbocycles. The number of hydrazine groups is 3. The molecule has 0 bridgehead atoms. The summed E-state index contributed by atoms with van der Waals surface area (Å²) < 4.78 is 41.6. The van der Waals surface area contributed by atoms with Crippen LogP contribution in [0.3, 0.4) is 0 Å². The van der Waals surface area contributed by atoms with Crippen LogP contribution in [0.4, 0.5) is 23.7 Å². The standard InChI is InChI=1S/C29H38F3N5O2.C24H30N2O.CH6N2/c1-3-21-14-23(10-11-24(21)15-36-16-25(17-36)37(34)28(33)38)19(2)35-39-18-20-9-12-26(22-7-5-4-6-8-22)27(13-20)29(30,31)32;1-16-13-21-22(24(5,6)12-11-23(21,3)4)14-20(16)17(2)18-7-9-19(10-8-18)26(25)15-27;1-3-2/h9-14,22,25H,3-8,15-18,34H2,1-2H3,(H2,33,38);7-10,13-15H,2,11-12,25H2,1,3-6H3;3H,2H2,1H3/b35-19+;;. The maximum atomic E-state index is 13.9. The number of benzene rings is 4. The fourth-order valence-corrected chi connectivity index (χ4v) is 9.67. The van der Waals surface area contributed by atoms with Crippen LogP contribution in [0.25, 0.3) is 5.57 Å². The third-order valence-corrected chi connectivity index (χ3v) is 14.0. The third kappa shape index (κ3) is 13.6. The first-order valence-electron chi connectivity index (χ1n) is 23.9. The van der Waals surface area contributed by atoms with Crippen molar-refractivity contribution in [2.45, 2.75) is 142 Å². The molecule has 0 unspecified atom stereocenters. The lowest BCUT2D eigenvalue weighted by molar-refractivity contribution is -0.138. The van der Waals surface area contributed by atoms with Crippen molar-refractivity contribution < 1.29 is 27.6 Å². The molecule has 15 heteroatoms. The van der Waals surface area contributed by atoms with Gasteiger partial charge in [0, 0.05) is 19.6 Å². The number of alkyl halides is 3. The number of rotatable bonds is 13. The van der Waals surface area contributed by atoms with Crippen LogP contribution in [0.15, 0.2) is 84.5 Å². The van der Waals surface area contributed by atoms with E-state index in [0.29, 0.717) is 42.0 Å². The number of fused-ring (bicyclic) bond motifs is 1. The zero-order valence-corrected chi connectivity index (χ0v) is 41.8. The number of amides is 3. The number of nitrogens with one attached hydrogen (secondary N) is 1. The van der Waals surface area contributed by atoms with Crippen LogP contribution in [0.2, 0.25) is 0 Å². The quantitative estimate of drug-likeness (QED) is 0.0289. The van der Waals surface area contributed by atoms with Crippen LogP contribution >= 0.6 is 0 Å². The topological polar surface area (TPSA) is 182 Å². The summed E-state index contributed by atoms with van der Waals surface area (Å²) in [6, 6.07) is 22.3. The van der Waals surface area contributed by atoms with Crippen molar-refractivity contribution in [2.75, 3.05) is 25.1 Å². The molecule has 4 aromatic carbocycles. The highest BCUT2D eigenvalue weighted by molar-refractivity contribution is 5.98. The Hall–Kier alpha value is -5.58. The number of carbonyl (C=O) groups is 2. The van der Waals surface area contributed by atoms with Crippen LogP contribution in [0.5, 0.6) is 0 Å². The smallest absolute Gasteiger partial charge is 0.391 e. The Bertz CT molecular complexity index is 2440. The first kappa shape index (κ1) is 54.4. The summed E-state index contributed by atoms with van der Waals surface area (Å²) in [5, 5.41) is 6.34. The summed E-state index contributed by atoms with van der Waals surface area (Å²) in [6.45, 7) is 21.8. The van der Waals surface area contributed by atoms with Gasteiger partial charge in [0.05, 0.1) is 23.0 Å². The summed E-state index contributed by atoms with van der Waals surface area (Å²) in [4.78, 5) is 29.7. The predicted molar refractivity (Wildman–Crippen MR) is 272 cm³/mol. The van der Waals surface area contributed by atoms with Crippen LogP contribution < -0.4 is 33.7 Å². The number of hydrogen-bond donors (Lipinski definition) is 5. The van der Waals surface area contributed by atoms with Gasteiger partial charge in [-0.3, -0.25) is 31.0 Å². The van der Waals surface area contributed by atoms with E-state index < -0.39 is 17.8 Å². The molecule has 69 heavy (non-hydrogen) atoms. The number of halogens is 3. The lowest BCUT2D eigenvalue weighted by Gasteiger charge is -2.43. The maximum Gasteiger partial charge on any atom is 0.416 e. The van der Waals surface area contributed by atoms with Gasteiger partial charge in [-0.15, -0.1) is 0 Å². The molecule has 4 aromatic rings. The highest BCUT2D eigenvalue weighted by Gasteiger charge is 2.38. The lowest BCUT2D eigenvalue weighted by Crippen LogP contribution is -2.63. The summed E-state index contributed by atoms with van der Waals surface area (Å²) in [6.07, 6.45) is 4.08. The van der Waals surface area contributed by atoms with Crippen LogP contribution in [-0.2, 0) is 46.2 Å². The first-order valence-corrected chi connectivity index (χ1v) is 23.9. The molecule has 1 saturated carbocycles. The Morgan fingerprint density at radius 3 is 2.07 bits per heavy atom. The molecule has 0 atom stereocenters. The Morgan fingerprint density at radius 1 is 0.913 bits per heavy atom. The fraction of sp³-hybridized carbons (Fsp3) is 0.463. The number of oxime groups is 1. The third-order valence-electron chi connectivity index (χ3n) is 14.0. The summed E-state index contributed by atoms with van der Waals surface area (Å²) in [7, 11) is 1.65. The van der Waals surface area contributed by atoms with E-state index in [1.165, 1.54) is 46.7 Å². The molecule has 3 aliphatic rings. The van der Waals surface area contributed by atoms with Crippen molar-refractivity contribution in [2.24, 2.45) is 28.4 Å². The zero-order valence-electron chi connectivity index (χ0n) is 41.8. The number of anilines is 1. The molecule has 9 N–H and O–H groups in total. The van der Waals surface area contributed by atoms with E-state index in [4.69, 9.17) is 22.3 Å². The summed E-state index contributed by atoms with van der Waals surface area (Å²) in [5.41, 5.74) is 20.1. The molecule has 1 aliphatic heterocycles. The van der Waals surface area contributed by atoms with Gasteiger partial charge in [0.15, 0.2) is 0 Å². The summed E-state index contributed by atoms with van der Waals surface area (Å²) in [5.74, 6) is 15.9. The fourth-order valence-electron chi connectivity index (χ4n) is 9.67. The number of likely N-dealkylation sites (tertiary alicyclic amines) is 1. The molecule has 3 amide bonds. The Kier molecular flexibility index (Phi) is 18.4. The molecular weight excluding hydrogens is 880 g/mol. The number of nitrogens with two attached hydrogens (primary N) is 4. The van der Waals surface area contributed by atoms with Crippen molar-refractivity contribution in [1.29, 1.82) is 0 Å². The van der Waals surface area contributed by atoms with Crippen LogP contribution in [-0.4, -0.2) is 54.2 Å². The Labute approximate surface area is 407 Å². The largest absolute Gasteiger partial charge is 0.416 e. The number of carbonyl (C=O) groups excluding carboxylic acids is 2. The number of nitrogens with zero attached hydrogens (tertiary/aromatic N) is 4. The first-order chi connectivity index (χ1) is 32.5. The molecule has 0 spiro atoms. The molecule has 1 saturated heterocycles. The summed E-state index contributed by atoms with van der Waals surface area (Å²) >= 11 is 0. The van der Waals surface area contributed by atoms with E-state index in [-0.39, 0.29) is 29.4 Å². The molecule has 2 fully saturated rings. The molecule has 12 nitrogen and oxygen atoms in total. The van der Waals surface area contributed by atoms with Gasteiger partial charge >= 0.3 is 12.2 Å². The zero-order chi connectivity index (χ0) is 50.8. The average molecular weight is 954 g/mol. The van der Waals surface area contributed by atoms with Gasteiger partial charge in [-0.05, 0) is 155 Å². The van der Waals surface area contributed by atoms with Crippen molar-refractivity contribution in [1.82, 2.24) is 15.3 Å². The minimum atomic E-state index is -4.40. The van der Waals surface area contributed by atoms with E-state index in [0.717, 1.165) is 77.4 Å². The van der Waals surface area contributed by atoms with Crippen LogP contribution in [0.1, 0.15) is 154 Å². The number of urea groups is 1. The second-order valence-corrected chi connectivity index (χ2v) is 19.9. The van der Waals surface area contributed by atoms with E-state index in [2.05, 4.69) is 93.7 Å². The van der Waals surface area contributed by atoms with Gasteiger partial charge < -0.3 is 10.6 Å². The van der Waals surface area contributed by atoms with Gasteiger partial charge in [0.25, 0.3) is 0 Å². The molecule has 374 valence electrons. The van der Waals surface area contributed by atoms with Gasteiger partial charge in [-0.25, -0.2) is 16.5 Å². The maximum absolute atomic E-state index is 13.9. The lowest BCUT2D eigenvalue weighted by atomic mass is 9.62. The predicted octanol–water partition coefficient (Wildman–Crippen LogP) is 10.0. The molecular formula is C54H74F3N9O3. The van der Waals surface area contributed by atoms with E-state index in [9.17, 15) is 22.8 Å². The minimum Gasteiger partial charge on any atom is -0.391 e. The van der Waals surface area contributed by atoms with Gasteiger partial charge in [0.1, 0.15) is 6.61 Å². The van der Waals surface area contributed by atoms with E-state index in [1.807, 2.05) is 37.3 Å². The highest BCUT2D eigenvalue weighted by atomic mass is 19.4. The molecule has 7 rings (SSSR count). The van der Waals surface area contributed by atoms with E-state index >= 15 is 0 Å². The van der Waals surface area contributed by atoms with Gasteiger partial charge in [-0.1, -0.05) is 114 Å². The number of aryl methyl sites for hydroxylation is 2. The molecule has 1 heterocycles. The molecule has 0 aromatic heterocycles. The average Bonchev–Trinajstić information content (AvgIpc) is 3.31. The Morgan fingerprint density at radius 2 is 1.51 bits per heavy atom.